The molecule has 4 rings (SSSR count). The zero-order valence-corrected chi connectivity index (χ0v) is 24.9. The van der Waals surface area contributed by atoms with Crippen molar-refractivity contribution in [3.05, 3.63) is 65.5 Å². The van der Waals surface area contributed by atoms with Crippen molar-refractivity contribution in [1.29, 1.82) is 0 Å². The summed E-state index contributed by atoms with van der Waals surface area (Å²) in [5.74, 6) is -0.684. The maximum absolute atomic E-state index is 13.3. The number of hydrogen-bond acceptors (Lipinski definition) is 7. The van der Waals surface area contributed by atoms with Crippen LogP contribution in [0.15, 0.2) is 48.8 Å². The number of aromatic nitrogens is 2. The van der Waals surface area contributed by atoms with Crippen LogP contribution in [0.25, 0.3) is 22.5 Å². The minimum atomic E-state index is -0.930. The van der Waals surface area contributed by atoms with Crippen LogP contribution in [0.3, 0.4) is 0 Å². The Morgan fingerprint density at radius 3 is 2.56 bits per heavy atom. The molecule has 2 heterocycles. The van der Waals surface area contributed by atoms with Crippen LogP contribution in [-0.2, 0) is 39.1 Å². The molecule has 0 saturated heterocycles. The summed E-state index contributed by atoms with van der Waals surface area (Å²) in [5, 5.41) is 0.105. The number of benzene rings is 2. The van der Waals surface area contributed by atoms with Gasteiger partial charge in [0.2, 0.25) is 5.91 Å². The topological polar surface area (TPSA) is 125 Å². The number of carbonyl (C=O) groups is 4. The molecule has 0 saturated carbocycles. The fourth-order valence-electron chi connectivity index (χ4n) is 5.01. The van der Waals surface area contributed by atoms with Gasteiger partial charge in [0.05, 0.1) is 17.7 Å². The fraction of sp³-hybridized carbons (Fsp3) is 0.387. The minimum Gasteiger partial charge on any atom is -0.460 e. The van der Waals surface area contributed by atoms with Crippen LogP contribution in [0, 0.1) is 0 Å². The summed E-state index contributed by atoms with van der Waals surface area (Å²) >= 11 is 1.31. The highest BCUT2D eigenvalue weighted by Crippen LogP contribution is 2.35. The van der Waals surface area contributed by atoms with Gasteiger partial charge in [0, 0.05) is 49.4 Å². The highest BCUT2D eigenvalue weighted by Gasteiger charge is 2.36. The Balaban J connectivity index is 1.56. The monoisotopic (exact) mass is 576 g/mol. The van der Waals surface area contributed by atoms with E-state index in [-0.39, 0.29) is 30.4 Å². The van der Waals surface area contributed by atoms with Crippen molar-refractivity contribution in [3.63, 3.8) is 0 Å². The molecule has 1 aliphatic heterocycles. The van der Waals surface area contributed by atoms with Gasteiger partial charge in [0.15, 0.2) is 5.12 Å². The molecule has 0 aliphatic carbocycles. The number of fused-ring (bicyclic) bond motifs is 1. The SMILES string of the molecule is CC(=O)SCCc1cccc(-c2c(-c3ccc4c(c3)CN(C(CCC(=O)OC(C)(C)C)C(N)=O)C4=O)ncn2C)c1. The Kier molecular flexibility index (Phi) is 9.01. The normalized spacial score (nSPS) is 13.7. The van der Waals surface area contributed by atoms with Crippen molar-refractivity contribution >= 4 is 34.7 Å². The summed E-state index contributed by atoms with van der Waals surface area (Å²) in [7, 11) is 1.94. The van der Waals surface area contributed by atoms with Crippen molar-refractivity contribution < 1.29 is 23.9 Å². The lowest BCUT2D eigenvalue weighted by Gasteiger charge is -2.25. The van der Waals surface area contributed by atoms with E-state index in [4.69, 9.17) is 10.5 Å². The number of aryl methyl sites for hydroxylation is 2. The maximum atomic E-state index is 13.3. The second-order valence-electron chi connectivity index (χ2n) is 11.2. The molecule has 2 aromatic carbocycles. The largest absolute Gasteiger partial charge is 0.460 e. The highest BCUT2D eigenvalue weighted by atomic mass is 32.2. The second kappa shape index (κ2) is 12.3. The first kappa shape index (κ1) is 30.0. The van der Waals surface area contributed by atoms with Crippen LogP contribution < -0.4 is 5.73 Å². The molecule has 2 amide bonds. The first-order valence-electron chi connectivity index (χ1n) is 13.5. The van der Waals surface area contributed by atoms with Crippen LogP contribution in [0.4, 0.5) is 0 Å². The van der Waals surface area contributed by atoms with E-state index in [1.54, 1.807) is 40.1 Å². The van der Waals surface area contributed by atoms with E-state index in [1.165, 1.54) is 16.7 Å². The van der Waals surface area contributed by atoms with Gasteiger partial charge in [0.1, 0.15) is 11.6 Å². The quantitative estimate of drug-likeness (QED) is 0.352. The van der Waals surface area contributed by atoms with E-state index >= 15 is 0 Å². The summed E-state index contributed by atoms with van der Waals surface area (Å²) in [6.45, 7) is 7.09. The van der Waals surface area contributed by atoms with Crippen molar-refractivity contribution in [3.8, 4) is 22.5 Å². The van der Waals surface area contributed by atoms with Gasteiger partial charge < -0.3 is 19.9 Å². The third-order valence-corrected chi connectivity index (χ3v) is 7.61. The van der Waals surface area contributed by atoms with Gasteiger partial charge in [-0.2, -0.15) is 0 Å². The van der Waals surface area contributed by atoms with Gasteiger partial charge in [-0.3, -0.25) is 19.2 Å². The number of thioether (sulfide) groups is 1. The predicted molar refractivity (Wildman–Crippen MR) is 159 cm³/mol. The number of amides is 2. The summed E-state index contributed by atoms with van der Waals surface area (Å²) < 4.78 is 7.31. The van der Waals surface area contributed by atoms with Gasteiger partial charge in [-0.05, 0) is 62.9 Å². The van der Waals surface area contributed by atoms with E-state index < -0.39 is 23.5 Å². The number of rotatable bonds is 10. The number of nitrogens with zero attached hydrogens (tertiary/aromatic N) is 3. The van der Waals surface area contributed by atoms with Gasteiger partial charge in [0.25, 0.3) is 5.91 Å². The number of hydrogen-bond donors (Lipinski definition) is 1. The van der Waals surface area contributed by atoms with Crippen LogP contribution >= 0.6 is 11.8 Å². The van der Waals surface area contributed by atoms with E-state index in [1.807, 2.05) is 41.9 Å². The van der Waals surface area contributed by atoms with Gasteiger partial charge in [-0.1, -0.05) is 36.0 Å². The minimum absolute atomic E-state index is 0.0277. The molecule has 1 aromatic heterocycles. The van der Waals surface area contributed by atoms with Gasteiger partial charge in [-0.25, -0.2) is 4.98 Å². The van der Waals surface area contributed by atoms with Crippen molar-refractivity contribution in [2.45, 2.75) is 65.1 Å². The van der Waals surface area contributed by atoms with E-state index in [2.05, 4.69) is 11.1 Å². The zero-order valence-electron chi connectivity index (χ0n) is 24.1. The number of primary amides is 1. The average molecular weight is 577 g/mol. The molecule has 9 nitrogen and oxygen atoms in total. The fourth-order valence-corrected chi connectivity index (χ4v) is 5.63. The molecule has 3 aromatic rings. The average Bonchev–Trinajstić information content (AvgIpc) is 3.42. The molecule has 1 aliphatic rings. The van der Waals surface area contributed by atoms with Crippen LogP contribution in [0.5, 0.6) is 0 Å². The Bertz CT molecular complexity index is 1490. The number of esters is 1. The summed E-state index contributed by atoms with van der Waals surface area (Å²) in [4.78, 5) is 55.3. The lowest BCUT2D eigenvalue weighted by molar-refractivity contribution is -0.155. The number of ether oxygens (including phenoxy) is 1. The smallest absolute Gasteiger partial charge is 0.306 e. The lowest BCUT2D eigenvalue weighted by atomic mass is 9.99. The maximum Gasteiger partial charge on any atom is 0.306 e. The van der Waals surface area contributed by atoms with Crippen molar-refractivity contribution in [1.82, 2.24) is 14.5 Å². The molecule has 0 spiro atoms. The van der Waals surface area contributed by atoms with Crippen LogP contribution in [0.1, 0.15) is 62.0 Å². The molecule has 0 radical (unpaired) electrons. The molecule has 41 heavy (non-hydrogen) atoms. The van der Waals surface area contributed by atoms with Crippen molar-refractivity contribution in [2.24, 2.45) is 12.8 Å². The number of imidazole rings is 1. The van der Waals surface area contributed by atoms with E-state index in [9.17, 15) is 19.2 Å². The summed E-state index contributed by atoms with van der Waals surface area (Å²) in [6.07, 6.45) is 2.59. The zero-order chi connectivity index (χ0) is 29.9. The Morgan fingerprint density at radius 1 is 1.12 bits per heavy atom. The van der Waals surface area contributed by atoms with E-state index in [0.29, 0.717) is 5.56 Å². The first-order valence-corrected chi connectivity index (χ1v) is 14.5. The molecule has 1 unspecified atom stereocenters. The standard InChI is InChI=1S/C31H36N4O5S/c1-19(36)41-14-13-20-7-6-8-22(15-20)28-27(33-18-34(28)5)21-9-10-24-23(16-21)17-35(30(24)39)25(29(32)38)11-12-26(37)40-31(2,3)4/h6-10,15-16,18,25H,11-14,17H2,1-5H3,(H2,32,38). The van der Waals surface area contributed by atoms with Crippen LogP contribution in [0.2, 0.25) is 0 Å². The van der Waals surface area contributed by atoms with Gasteiger partial charge in [-0.15, -0.1) is 0 Å². The molecule has 2 N–H and O–H groups in total. The summed E-state index contributed by atoms with van der Waals surface area (Å²) in [6, 6.07) is 12.8. The molecule has 216 valence electrons. The Morgan fingerprint density at radius 2 is 1.88 bits per heavy atom. The number of carbonyl (C=O) groups excluding carboxylic acids is 4. The molecule has 0 bridgehead atoms. The highest BCUT2D eigenvalue weighted by molar-refractivity contribution is 8.13. The third kappa shape index (κ3) is 7.24. The molecular weight excluding hydrogens is 540 g/mol. The van der Waals surface area contributed by atoms with Crippen molar-refractivity contribution in [2.75, 3.05) is 5.75 Å². The summed E-state index contributed by atoms with van der Waals surface area (Å²) in [5.41, 5.74) is 11.0. The second-order valence-corrected chi connectivity index (χ2v) is 12.5. The molecule has 10 heteroatoms. The number of nitrogens with two attached hydrogens (primary N) is 1. The van der Waals surface area contributed by atoms with Crippen LogP contribution in [-0.4, -0.2) is 54.7 Å². The molecule has 1 atom stereocenters. The van der Waals surface area contributed by atoms with Gasteiger partial charge >= 0.3 is 5.97 Å². The Labute approximate surface area is 244 Å². The van der Waals surface area contributed by atoms with E-state index in [0.717, 1.165) is 45.8 Å². The third-order valence-electron chi connectivity index (χ3n) is 6.79. The Hall–Kier alpha value is -3.92. The molecule has 0 fully saturated rings. The molecular formula is C31H36N4O5S. The first-order chi connectivity index (χ1) is 19.3. The lowest BCUT2D eigenvalue weighted by Crippen LogP contribution is -2.45. The predicted octanol–water partition coefficient (Wildman–Crippen LogP) is 4.51.